The summed E-state index contributed by atoms with van der Waals surface area (Å²) in [6, 6.07) is 8.39. The van der Waals surface area contributed by atoms with Crippen LogP contribution < -0.4 is 0 Å². The number of thiocarbonyl (C=S) groups is 1. The molecule has 27 heavy (non-hydrogen) atoms. The number of carbonyl (C=O) groups excluding carboxylic acids is 1. The highest BCUT2D eigenvalue weighted by molar-refractivity contribution is 8.26. The molecule has 1 N–H and O–H groups in total. The van der Waals surface area contributed by atoms with Crippen molar-refractivity contribution < 1.29 is 19.1 Å². The van der Waals surface area contributed by atoms with E-state index in [1.807, 2.05) is 19.1 Å². The maximum Gasteiger partial charge on any atom is 0.337 e. The Kier molecular flexibility index (Phi) is 7.01. The molecule has 0 spiro atoms. The zero-order chi connectivity index (χ0) is 20.1. The Labute approximate surface area is 171 Å². The van der Waals surface area contributed by atoms with Crippen molar-refractivity contribution in [2.75, 3.05) is 6.54 Å². The number of furan rings is 1. The Hall–Kier alpha value is -2.35. The van der Waals surface area contributed by atoms with Crippen molar-refractivity contribution in [3.05, 3.63) is 70.8 Å². The summed E-state index contributed by atoms with van der Waals surface area (Å²) in [5, 5.41) is 9.03. The predicted octanol–water partition coefficient (Wildman–Crippen LogP) is 5.15. The molecule has 140 valence electrons. The van der Waals surface area contributed by atoms with E-state index in [0.29, 0.717) is 21.5 Å². The summed E-state index contributed by atoms with van der Waals surface area (Å²) >= 11 is 12.0. The number of carboxylic acid groups (broad SMARTS) is 1. The molecule has 1 amide bonds. The fourth-order valence-electron chi connectivity index (χ4n) is 2.16. The molecule has 2 aromatic rings. The van der Waals surface area contributed by atoms with Crippen LogP contribution in [0.2, 0.25) is 5.02 Å². The van der Waals surface area contributed by atoms with Crippen LogP contribution in [0, 0.1) is 6.92 Å². The van der Waals surface area contributed by atoms with E-state index < -0.39 is 5.97 Å². The first-order valence-corrected chi connectivity index (χ1v) is 9.28. The SMILES string of the molecule is C=CCN1C(=O)C(=C)SC1=S.Cc1ccc(-c2ccc(C(=O)O)c(Cl)c2)o1. The van der Waals surface area contributed by atoms with Crippen molar-refractivity contribution in [1.82, 2.24) is 4.90 Å². The van der Waals surface area contributed by atoms with Crippen LogP contribution in [-0.4, -0.2) is 32.7 Å². The third-order valence-corrected chi connectivity index (χ3v) is 5.05. The van der Waals surface area contributed by atoms with Crippen LogP contribution in [0.3, 0.4) is 0 Å². The van der Waals surface area contributed by atoms with Crippen molar-refractivity contribution in [2.45, 2.75) is 6.92 Å². The number of hydrogen-bond donors (Lipinski definition) is 1. The van der Waals surface area contributed by atoms with Gasteiger partial charge in [-0.05, 0) is 31.2 Å². The summed E-state index contributed by atoms with van der Waals surface area (Å²) < 4.78 is 5.99. The number of nitrogens with zero attached hydrogens (tertiary/aromatic N) is 1. The zero-order valence-electron chi connectivity index (χ0n) is 14.4. The van der Waals surface area contributed by atoms with Gasteiger partial charge in [-0.1, -0.05) is 54.3 Å². The number of halogens is 1. The molecule has 0 radical (unpaired) electrons. The summed E-state index contributed by atoms with van der Waals surface area (Å²) in [6.07, 6.45) is 1.64. The Morgan fingerprint density at radius 3 is 2.56 bits per heavy atom. The van der Waals surface area contributed by atoms with Gasteiger partial charge >= 0.3 is 5.97 Å². The van der Waals surface area contributed by atoms with E-state index in [-0.39, 0.29) is 16.5 Å². The zero-order valence-corrected chi connectivity index (χ0v) is 16.8. The number of hydrogen-bond acceptors (Lipinski definition) is 5. The number of thioether (sulfide) groups is 1. The van der Waals surface area contributed by atoms with Crippen molar-refractivity contribution in [3.63, 3.8) is 0 Å². The maximum atomic E-state index is 11.2. The molecule has 1 aliphatic rings. The minimum absolute atomic E-state index is 0.0914. The van der Waals surface area contributed by atoms with Gasteiger partial charge in [0.05, 0.1) is 15.5 Å². The van der Waals surface area contributed by atoms with Crippen molar-refractivity contribution in [3.8, 4) is 11.3 Å². The van der Waals surface area contributed by atoms with Crippen molar-refractivity contribution in [2.24, 2.45) is 0 Å². The molecule has 0 bridgehead atoms. The second-order valence-electron chi connectivity index (χ2n) is 5.41. The average Bonchev–Trinajstić information content (AvgIpc) is 3.14. The molecule has 0 atom stereocenters. The van der Waals surface area contributed by atoms with Gasteiger partial charge in [-0.15, -0.1) is 6.58 Å². The fraction of sp³-hybridized carbons (Fsp3) is 0.105. The molecule has 1 aromatic heterocycles. The van der Waals surface area contributed by atoms with Crippen LogP contribution >= 0.6 is 35.6 Å². The summed E-state index contributed by atoms with van der Waals surface area (Å²) in [7, 11) is 0. The molecule has 1 aliphatic heterocycles. The molecule has 8 heteroatoms. The predicted molar refractivity (Wildman–Crippen MR) is 112 cm³/mol. The van der Waals surface area contributed by atoms with Gasteiger partial charge in [-0.2, -0.15) is 0 Å². The van der Waals surface area contributed by atoms with E-state index in [1.54, 1.807) is 18.2 Å². The molecule has 0 aliphatic carbocycles. The molecule has 5 nitrogen and oxygen atoms in total. The highest BCUT2D eigenvalue weighted by Crippen LogP contribution is 2.29. The third-order valence-electron chi connectivity index (χ3n) is 3.45. The lowest BCUT2D eigenvalue weighted by molar-refractivity contribution is -0.121. The number of benzene rings is 1. The molecular formula is C19H16ClNO4S2. The van der Waals surface area contributed by atoms with E-state index in [1.165, 1.54) is 22.7 Å². The molecule has 0 unspecified atom stereocenters. The largest absolute Gasteiger partial charge is 0.478 e. The summed E-state index contributed by atoms with van der Waals surface area (Å²) in [4.78, 5) is 23.9. The Morgan fingerprint density at radius 2 is 2.11 bits per heavy atom. The van der Waals surface area contributed by atoms with Gasteiger partial charge in [0.1, 0.15) is 15.8 Å². The van der Waals surface area contributed by atoms with Gasteiger partial charge in [0, 0.05) is 12.1 Å². The minimum Gasteiger partial charge on any atom is -0.478 e. The normalized spacial score (nSPS) is 13.4. The number of carboxylic acids is 1. The van der Waals surface area contributed by atoms with Gasteiger partial charge in [0.2, 0.25) is 0 Å². The first-order valence-electron chi connectivity index (χ1n) is 7.67. The summed E-state index contributed by atoms with van der Waals surface area (Å²) in [5.74, 6) is 0.344. The van der Waals surface area contributed by atoms with Crippen LogP contribution in [0.5, 0.6) is 0 Å². The monoisotopic (exact) mass is 421 g/mol. The topological polar surface area (TPSA) is 70.8 Å². The van der Waals surface area contributed by atoms with Gasteiger partial charge in [0.25, 0.3) is 5.91 Å². The summed E-state index contributed by atoms with van der Waals surface area (Å²) in [6.45, 7) is 9.41. The lowest BCUT2D eigenvalue weighted by Crippen LogP contribution is -2.27. The first-order chi connectivity index (χ1) is 12.7. The van der Waals surface area contributed by atoms with E-state index in [0.717, 1.165) is 11.3 Å². The molecule has 1 fully saturated rings. The molecular weight excluding hydrogens is 406 g/mol. The average molecular weight is 422 g/mol. The number of aromatic carboxylic acids is 1. The van der Waals surface area contributed by atoms with Crippen LogP contribution in [0.15, 0.2) is 58.9 Å². The van der Waals surface area contributed by atoms with Crippen molar-refractivity contribution in [1.29, 1.82) is 0 Å². The van der Waals surface area contributed by atoms with Gasteiger partial charge < -0.3 is 9.52 Å². The lowest BCUT2D eigenvalue weighted by Gasteiger charge is -2.09. The van der Waals surface area contributed by atoms with Crippen LogP contribution in [0.1, 0.15) is 16.1 Å². The van der Waals surface area contributed by atoms with E-state index >= 15 is 0 Å². The lowest BCUT2D eigenvalue weighted by atomic mass is 10.1. The highest BCUT2D eigenvalue weighted by Gasteiger charge is 2.29. The summed E-state index contributed by atoms with van der Waals surface area (Å²) in [5.41, 5.74) is 0.858. The second kappa shape index (κ2) is 9.03. The molecule has 1 aromatic carbocycles. The van der Waals surface area contributed by atoms with Crippen LogP contribution in [-0.2, 0) is 4.79 Å². The fourth-order valence-corrected chi connectivity index (χ4v) is 3.55. The smallest absolute Gasteiger partial charge is 0.337 e. The van der Waals surface area contributed by atoms with E-state index in [4.69, 9.17) is 33.3 Å². The first kappa shape index (κ1) is 21.0. The maximum absolute atomic E-state index is 11.2. The van der Waals surface area contributed by atoms with E-state index in [2.05, 4.69) is 13.2 Å². The van der Waals surface area contributed by atoms with E-state index in [9.17, 15) is 9.59 Å². The Bertz CT molecular complexity index is 936. The van der Waals surface area contributed by atoms with Gasteiger partial charge in [-0.25, -0.2) is 4.79 Å². The second-order valence-corrected chi connectivity index (χ2v) is 7.54. The number of rotatable bonds is 4. The van der Waals surface area contributed by atoms with Crippen LogP contribution in [0.25, 0.3) is 11.3 Å². The minimum atomic E-state index is -1.04. The quantitative estimate of drug-likeness (QED) is 0.418. The van der Waals surface area contributed by atoms with Gasteiger partial charge in [0.15, 0.2) is 0 Å². The Morgan fingerprint density at radius 1 is 1.41 bits per heavy atom. The molecule has 2 heterocycles. The van der Waals surface area contributed by atoms with Crippen LogP contribution in [0.4, 0.5) is 0 Å². The molecule has 0 saturated carbocycles. The number of aryl methyl sites for hydroxylation is 1. The highest BCUT2D eigenvalue weighted by atomic mass is 35.5. The molecule has 1 saturated heterocycles. The number of carbonyl (C=O) groups is 2. The molecule has 3 rings (SSSR count). The van der Waals surface area contributed by atoms with Gasteiger partial charge in [-0.3, -0.25) is 9.69 Å². The Balaban J connectivity index is 0.000000208. The standard InChI is InChI=1S/C12H9ClO3.C7H7NOS2/c1-7-2-5-11(16-7)8-3-4-9(12(14)15)10(13)6-8;1-3-4-8-6(9)5(2)11-7(8)10/h2-6H,1H3,(H,14,15);3H,1-2,4H2. The third kappa shape index (κ3) is 5.09. The number of amides is 1. The van der Waals surface area contributed by atoms with Crippen molar-refractivity contribution >= 4 is 51.8 Å².